The van der Waals surface area contributed by atoms with Crippen molar-refractivity contribution >= 4 is 15.7 Å². The van der Waals surface area contributed by atoms with E-state index < -0.39 is 10.0 Å². The molecule has 0 aromatic carbocycles. The van der Waals surface area contributed by atoms with Gasteiger partial charge >= 0.3 is 0 Å². The number of anilines is 1. The maximum atomic E-state index is 12.3. The third kappa shape index (κ3) is 3.34. The summed E-state index contributed by atoms with van der Waals surface area (Å²) >= 11 is 0. The van der Waals surface area contributed by atoms with Gasteiger partial charge in [-0.1, -0.05) is 0 Å². The molecule has 2 rings (SSSR count). The van der Waals surface area contributed by atoms with Crippen LogP contribution >= 0.6 is 0 Å². The first-order chi connectivity index (χ1) is 9.53. The molecule has 1 unspecified atom stereocenters. The van der Waals surface area contributed by atoms with Crippen LogP contribution in [0, 0.1) is 0 Å². The first kappa shape index (κ1) is 14.5. The fourth-order valence-corrected chi connectivity index (χ4v) is 3.24. The number of nitrogens with zero attached hydrogens (tertiary/aromatic N) is 3. The second-order valence-corrected chi connectivity index (χ2v) is 6.02. The highest BCUT2D eigenvalue weighted by atomic mass is 32.2. The molecule has 0 aliphatic rings. The van der Waals surface area contributed by atoms with Gasteiger partial charge in [-0.2, -0.15) is 0 Å². The summed E-state index contributed by atoms with van der Waals surface area (Å²) < 4.78 is 29.0. The molecule has 0 aliphatic carbocycles. The van der Waals surface area contributed by atoms with Gasteiger partial charge in [0.25, 0.3) is 10.0 Å². The van der Waals surface area contributed by atoms with Crippen LogP contribution in [0.1, 0.15) is 6.92 Å². The molecule has 0 fully saturated rings. The highest BCUT2D eigenvalue weighted by Gasteiger charge is 2.22. The number of nitrogens with one attached hydrogen (secondary N) is 2. The van der Waals surface area contributed by atoms with Crippen LogP contribution < -0.4 is 10.0 Å². The van der Waals surface area contributed by atoms with Crippen molar-refractivity contribution in [2.24, 2.45) is 0 Å². The average Bonchev–Trinajstić information content (AvgIpc) is 2.90. The van der Waals surface area contributed by atoms with Crippen molar-refractivity contribution in [3.05, 3.63) is 37.1 Å². The molecule has 2 heterocycles. The Labute approximate surface area is 118 Å². The van der Waals surface area contributed by atoms with Crippen molar-refractivity contribution in [3.63, 3.8) is 0 Å². The monoisotopic (exact) mass is 295 g/mol. The summed E-state index contributed by atoms with van der Waals surface area (Å²) in [6.45, 7) is 2.29. The van der Waals surface area contributed by atoms with Crippen LogP contribution in [0.5, 0.6) is 0 Å². The van der Waals surface area contributed by atoms with Crippen molar-refractivity contribution in [1.82, 2.24) is 19.3 Å². The van der Waals surface area contributed by atoms with Gasteiger partial charge in [-0.15, -0.1) is 0 Å². The molecule has 108 valence electrons. The fraction of sp³-hybridized carbons (Fsp3) is 0.333. The van der Waals surface area contributed by atoms with Crippen molar-refractivity contribution in [2.75, 3.05) is 12.4 Å². The minimum Gasteiger partial charge on any atom is -0.386 e. The van der Waals surface area contributed by atoms with Gasteiger partial charge < -0.3 is 9.88 Å². The molecule has 0 bridgehead atoms. The fourth-order valence-electron chi connectivity index (χ4n) is 1.86. The molecule has 1 atom stereocenters. The van der Waals surface area contributed by atoms with Crippen molar-refractivity contribution < 1.29 is 8.42 Å². The Morgan fingerprint density at radius 1 is 1.40 bits per heavy atom. The third-order valence-corrected chi connectivity index (χ3v) is 4.24. The van der Waals surface area contributed by atoms with Gasteiger partial charge in [0.1, 0.15) is 0 Å². The van der Waals surface area contributed by atoms with Gasteiger partial charge in [0.05, 0.1) is 12.0 Å². The van der Waals surface area contributed by atoms with E-state index in [2.05, 4.69) is 20.0 Å². The molecule has 8 heteroatoms. The first-order valence-corrected chi connectivity index (χ1v) is 7.62. The Morgan fingerprint density at radius 2 is 2.20 bits per heavy atom. The molecule has 0 spiro atoms. The highest BCUT2D eigenvalue weighted by Crippen LogP contribution is 2.17. The molecular weight excluding hydrogens is 278 g/mol. The van der Waals surface area contributed by atoms with E-state index in [0.717, 1.165) is 0 Å². The van der Waals surface area contributed by atoms with E-state index in [1.54, 1.807) is 44.8 Å². The summed E-state index contributed by atoms with van der Waals surface area (Å²) in [4.78, 5) is 7.86. The summed E-state index contributed by atoms with van der Waals surface area (Å²) in [6.07, 6.45) is 6.53. The number of hydrogen-bond donors (Lipinski definition) is 2. The third-order valence-electron chi connectivity index (χ3n) is 2.70. The largest absolute Gasteiger partial charge is 0.386 e. The molecule has 2 aromatic rings. The summed E-state index contributed by atoms with van der Waals surface area (Å²) in [6, 6.07) is 3.07. The van der Waals surface area contributed by atoms with Crippen LogP contribution in [0.15, 0.2) is 42.1 Å². The molecule has 20 heavy (non-hydrogen) atoms. The highest BCUT2D eigenvalue weighted by molar-refractivity contribution is 7.89. The predicted octanol–water partition coefficient (Wildman–Crippen LogP) is 0.687. The van der Waals surface area contributed by atoms with E-state index in [1.165, 1.54) is 6.20 Å². The van der Waals surface area contributed by atoms with Gasteiger partial charge in [-0.3, -0.25) is 0 Å². The van der Waals surface area contributed by atoms with E-state index in [0.29, 0.717) is 12.2 Å². The SMILES string of the molecule is CNc1cccnc1S(=O)(=O)NC(C)Cn1ccnc1. The number of aromatic nitrogens is 3. The summed E-state index contributed by atoms with van der Waals surface area (Å²) in [5, 5.41) is 2.82. The van der Waals surface area contributed by atoms with Crippen molar-refractivity contribution in [3.8, 4) is 0 Å². The predicted molar refractivity (Wildman–Crippen MR) is 75.8 cm³/mol. The number of rotatable bonds is 6. The molecule has 0 radical (unpaired) electrons. The summed E-state index contributed by atoms with van der Waals surface area (Å²) in [5.74, 6) is 0. The molecule has 2 aromatic heterocycles. The van der Waals surface area contributed by atoms with Crippen LogP contribution in [0.25, 0.3) is 0 Å². The number of sulfonamides is 1. The Morgan fingerprint density at radius 3 is 2.85 bits per heavy atom. The zero-order valence-corrected chi connectivity index (χ0v) is 12.1. The number of hydrogen-bond acceptors (Lipinski definition) is 5. The van der Waals surface area contributed by atoms with Crippen LogP contribution in [-0.2, 0) is 16.6 Å². The smallest absolute Gasteiger partial charge is 0.260 e. The van der Waals surface area contributed by atoms with Gasteiger partial charge in [0, 0.05) is 38.2 Å². The Balaban J connectivity index is 2.14. The summed E-state index contributed by atoms with van der Waals surface area (Å²) in [7, 11) is -2.01. The Hall–Kier alpha value is -1.93. The van der Waals surface area contributed by atoms with E-state index >= 15 is 0 Å². The lowest BCUT2D eigenvalue weighted by molar-refractivity contribution is 0.518. The first-order valence-electron chi connectivity index (χ1n) is 6.14. The van der Waals surface area contributed by atoms with E-state index in [4.69, 9.17) is 0 Å². The summed E-state index contributed by atoms with van der Waals surface area (Å²) in [5.41, 5.74) is 0.467. The van der Waals surface area contributed by atoms with Crippen LogP contribution in [0.2, 0.25) is 0 Å². The van der Waals surface area contributed by atoms with Crippen LogP contribution in [0.3, 0.4) is 0 Å². The van der Waals surface area contributed by atoms with Gasteiger partial charge in [-0.05, 0) is 19.1 Å². The van der Waals surface area contributed by atoms with E-state index in [9.17, 15) is 8.42 Å². The molecule has 2 N–H and O–H groups in total. The maximum Gasteiger partial charge on any atom is 0.260 e. The minimum absolute atomic E-state index is 0.0000175. The Kier molecular flexibility index (Phi) is 4.35. The lowest BCUT2D eigenvalue weighted by Crippen LogP contribution is -2.36. The number of imidazole rings is 1. The van der Waals surface area contributed by atoms with Crippen molar-refractivity contribution in [1.29, 1.82) is 0 Å². The maximum absolute atomic E-state index is 12.3. The quantitative estimate of drug-likeness (QED) is 0.818. The van der Waals surface area contributed by atoms with Gasteiger partial charge in [0.15, 0.2) is 5.03 Å². The number of pyridine rings is 1. The Bertz CT molecular complexity index is 654. The molecule has 0 saturated carbocycles. The van der Waals surface area contributed by atoms with Gasteiger partial charge in [-0.25, -0.2) is 23.1 Å². The average molecular weight is 295 g/mol. The van der Waals surface area contributed by atoms with Crippen LogP contribution in [-0.4, -0.2) is 36.0 Å². The molecule has 0 amide bonds. The molecule has 0 aliphatic heterocycles. The van der Waals surface area contributed by atoms with Crippen LogP contribution in [0.4, 0.5) is 5.69 Å². The molecule has 0 saturated heterocycles. The van der Waals surface area contributed by atoms with Crippen molar-refractivity contribution in [2.45, 2.75) is 24.5 Å². The zero-order valence-electron chi connectivity index (χ0n) is 11.3. The second-order valence-electron chi connectivity index (χ2n) is 4.39. The lowest BCUT2D eigenvalue weighted by Gasteiger charge is -2.15. The second kappa shape index (κ2) is 6.02. The van der Waals surface area contributed by atoms with Gasteiger partial charge in [0.2, 0.25) is 0 Å². The standard InChI is InChI=1S/C12H17N5O2S/c1-10(8-17-7-6-14-9-17)16-20(18,19)12-11(13-2)4-3-5-15-12/h3-7,9-10,13,16H,8H2,1-2H3. The topological polar surface area (TPSA) is 88.9 Å². The lowest BCUT2D eigenvalue weighted by atomic mass is 10.4. The molecule has 7 nitrogen and oxygen atoms in total. The zero-order chi connectivity index (χ0) is 14.6. The van der Waals surface area contributed by atoms with E-state index in [-0.39, 0.29) is 11.1 Å². The van der Waals surface area contributed by atoms with E-state index in [1.807, 2.05) is 4.57 Å². The molecular formula is C12H17N5O2S. The normalized spacial score (nSPS) is 13.1. The minimum atomic E-state index is -3.66.